The summed E-state index contributed by atoms with van der Waals surface area (Å²) in [5.41, 5.74) is 5.63. The lowest BCUT2D eigenvalue weighted by Crippen LogP contribution is -2.38. The monoisotopic (exact) mass is 254 g/mol. The molecule has 1 aromatic heterocycles. The van der Waals surface area contributed by atoms with Gasteiger partial charge in [0.15, 0.2) is 5.69 Å². The van der Waals surface area contributed by atoms with E-state index in [4.69, 9.17) is 0 Å². The van der Waals surface area contributed by atoms with Crippen molar-refractivity contribution in [3.63, 3.8) is 0 Å². The van der Waals surface area contributed by atoms with Gasteiger partial charge in [0.25, 0.3) is 0 Å². The number of rotatable bonds is 2. The average molecular weight is 254 g/mol. The maximum absolute atomic E-state index is 2.33. The van der Waals surface area contributed by atoms with Crippen molar-refractivity contribution in [2.45, 2.75) is 34.1 Å². The van der Waals surface area contributed by atoms with Crippen LogP contribution in [0.1, 0.15) is 32.0 Å². The minimum absolute atomic E-state index is 0.308. The Kier molecular flexibility index (Phi) is 3.75. The van der Waals surface area contributed by atoms with Crippen LogP contribution in [0.25, 0.3) is 11.3 Å². The van der Waals surface area contributed by atoms with Crippen LogP contribution >= 0.6 is 0 Å². The quantitative estimate of drug-likeness (QED) is 0.711. The number of hydrogen-bond donors (Lipinski definition) is 0. The Hall–Kier alpha value is -1.63. The number of hydrogen-bond acceptors (Lipinski definition) is 0. The zero-order valence-corrected chi connectivity index (χ0v) is 12.7. The van der Waals surface area contributed by atoms with E-state index in [0.29, 0.717) is 5.41 Å². The molecule has 1 nitrogen and oxygen atoms in total. The number of aryl methyl sites for hydroxylation is 1. The van der Waals surface area contributed by atoms with Crippen LogP contribution in [-0.2, 0) is 13.5 Å². The van der Waals surface area contributed by atoms with Crippen molar-refractivity contribution in [3.8, 4) is 11.3 Å². The highest BCUT2D eigenvalue weighted by Crippen LogP contribution is 2.22. The van der Waals surface area contributed by atoms with Crippen molar-refractivity contribution in [1.29, 1.82) is 0 Å². The van der Waals surface area contributed by atoms with Crippen LogP contribution in [0.5, 0.6) is 0 Å². The van der Waals surface area contributed by atoms with Crippen molar-refractivity contribution >= 4 is 0 Å². The summed E-state index contributed by atoms with van der Waals surface area (Å²) in [6.07, 6.45) is 1.09. The van der Waals surface area contributed by atoms with E-state index in [1.807, 2.05) is 0 Å². The van der Waals surface area contributed by atoms with Gasteiger partial charge in [-0.1, -0.05) is 39.0 Å². The van der Waals surface area contributed by atoms with E-state index in [1.54, 1.807) is 0 Å². The van der Waals surface area contributed by atoms with Crippen LogP contribution in [0.4, 0.5) is 0 Å². The summed E-state index contributed by atoms with van der Waals surface area (Å²) in [5, 5.41) is 0. The number of pyridine rings is 1. The Balaban J connectivity index is 2.49. The first-order chi connectivity index (χ1) is 8.88. The van der Waals surface area contributed by atoms with Gasteiger partial charge >= 0.3 is 0 Å². The van der Waals surface area contributed by atoms with E-state index in [1.165, 1.54) is 22.5 Å². The number of aromatic nitrogens is 1. The van der Waals surface area contributed by atoms with Crippen LogP contribution in [0.15, 0.2) is 42.5 Å². The molecule has 19 heavy (non-hydrogen) atoms. The SMILES string of the molecule is Cc1ccccc1-c1cccc(CC(C)(C)C)[n+]1C. The highest BCUT2D eigenvalue weighted by atomic mass is 14.9. The summed E-state index contributed by atoms with van der Waals surface area (Å²) in [6, 6.07) is 15.2. The molecular weight excluding hydrogens is 230 g/mol. The van der Waals surface area contributed by atoms with Gasteiger partial charge in [0.1, 0.15) is 7.05 Å². The molecule has 0 N–H and O–H groups in total. The molecule has 0 amide bonds. The molecule has 0 unspecified atom stereocenters. The molecule has 0 atom stereocenters. The Bertz CT molecular complexity index is 576. The molecule has 0 bridgehead atoms. The molecule has 2 rings (SSSR count). The fraction of sp³-hybridized carbons (Fsp3) is 0.389. The summed E-state index contributed by atoms with van der Waals surface area (Å²) in [7, 11) is 2.17. The van der Waals surface area contributed by atoms with Crippen LogP contribution in [0.3, 0.4) is 0 Å². The molecule has 0 aliphatic rings. The highest BCUT2D eigenvalue weighted by molar-refractivity contribution is 5.60. The standard InChI is InChI=1S/C18H24N/c1-14-9-6-7-11-16(14)17-12-8-10-15(19(17)5)13-18(2,3)4/h6-12H,13H2,1-5H3/q+1. The normalized spacial score (nSPS) is 11.6. The molecule has 0 aliphatic heterocycles. The molecule has 0 aliphatic carbocycles. The maximum Gasteiger partial charge on any atom is 0.212 e. The van der Waals surface area contributed by atoms with E-state index in [0.717, 1.165) is 6.42 Å². The van der Waals surface area contributed by atoms with Gasteiger partial charge in [0.2, 0.25) is 5.69 Å². The largest absolute Gasteiger partial charge is 0.212 e. The van der Waals surface area contributed by atoms with Crippen LogP contribution in [0.2, 0.25) is 0 Å². The maximum atomic E-state index is 2.33. The van der Waals surface area contributed by atoms with Crippen molar-refractivity contribution in [2.24, 2.45) is 12.5 Å². The van der Waals surface area contributed by atoms with E-state index in [2.05, 4.69) is 81.8 Å². The lowest BCUT2D eigenvalue weighted by molar-refractivity contribution is -0.668. The van der Waals surface area contributed by atoms with E-state index in [9.17, 15) is 0 Å². The molecule has 0 saturated carbocycles. The van der Waals surface area contributed by atoms with Crippen molar-refractivity contribution in [3.05, 3.63) is 53.7 Å². The predicted molar refractivity (Wildman–Crippen MR) is 81.0 cm³/mol. The van der Waals surface area contributed by atoms with Crippen molar-refractivity contribution in [2.75, 3.05) is 0 Å². The summed E-state index contributed by atoms with van der Waals surface area (Å²) in [6.45, 7) is 9.03. The molecule has 0 spiro atoms. The second-order valence-electron chi connectivity index (χ2n) is 6.51. The van der Waals surface area contributed by atoms with Gasteiger partial charge in [-0.2, -0.15) is 4.57 Å². The van der Waals surface area contributed by atoms with Crippen molar-refractivity contribution in [1.82, 2.24) is 0 Å². The van der Waals surface area contributed by atoms with Crippen LogP contribution in [-0.4, -0.2) is 0 Å². The molecule has 2 aromatic rings. The number of nitrogens with zero attached hydrogens (tertiary/aromatic N) is 1. The molecule has 1 heteroatoms. The zero-order chi connectivity index (χ0) is 14.0. The van der Waals surface area contributed by atoms with Gasteiger partial charge in [0, 0.05) is 24.1 Å². The fourth-order valence-corrected chi connectivity index (χ4v) is 2.48. The Labute approximate surface area is 116 Å². The topological polar surface area (TPSA) is 3.88 Å². The van der Waals surface area contributed by atoms with Gasteiger partial charge in [-0.15, -0.1) is 0 Å². The van der Waals surface area contributed by atoms with Crippen molar-refractivity contribution < 1.29 is 4.57 Å². The van der Waals surface area contributed by atoms with E-state index in [-0.39, 0.29) is 0 Å². The highest BCUT2D eigenvalue weighted by Gasteiger charge is 2.20. The third-order valence-corrected chi connectivity index (χ3v) is 3.47. The minimum Gasteiger partial charge on any atom is -0.198 e. The first-order valence-electron chi connectivity index (χ1n) is 6.92. The molecule has 0 fully saturated rings. The van der Waals surface area contributed by atoms with Gasteiger partial charge in [-0.25, -0.2) is 0 Å². The first kappa shape index (κ1) is 13.8. The first-order valence-corrected chi connectivity index (χ1v) is 6.92. The van der Waals surface area contributed by atoms with Crippen LogP contribution < -0.4 is 4.57 Å². The van der Waals surface area contributed by atoms with E-state index < -0.39 is 0 Å². The summed E-state index contributed by atoms with van der Waals surface area (Å²) < 4.78 is 2.33. The smallest absolute Gasteiger partial charge is 0.198 e. The molecule has 1 aromatic carbocycles. The van der Waals surface area contributed by atoms with Crippen LogP contribution in [0, 0.1) is 12.3 Å². The average Bonchev–Trinajstić information content (AvgIpc) is 2.31. The van der Waals surface area contributed by atoms with Gasteiger partial charge in [-0.05, 0) is 30.0 Å². The zero-order valence-electron chi connectivity index (χ0n) is 12.7. The molecular formula is C18H24N+. The minimum atomic E-state index is 0.308. The Morgan fingerprint density at radius 1 is 0.947 bits per heavy atom. The third-order valence-electron chi connectivity index (χ3n) is 3.47. The van der Waals surface area contributed by atoms with E-state index >= 15 is 0 Å². The summed E-state index contributed by atoms with van der Waals surface area (Å²) in [4.78, 5) is 0. The van der Waals surface area contributed by atoms with Gasteiger partial charge in [0.05, 0.1) is 0 Å². The molecule has 0 saturated heterocycles. The lowest BCUT2D eigenvalue weighted by Gasteiger charge is -2.17. The summed E-state index contributed by atoms with van der Waals surface area (Å²) >= 11 is 0. The third kappa shape index (κ3) is 3.23. The predicted octanol–water partition coefficient (Wildman–Crippen LogP) is 4.08. The number of benzene rings is 1. The molecule has 100 valence electrons. The second-order valence-corrected chi connectivity index (χ2v) is 6.51. The Morgan fingerprint density at radius 3 is 2.26 bits per heavy atom. The Morgan fingerprint density at radius 2 is 1.63 bits per heavy atom. The van der Waals surface area contributed by atoms with Gasteiger partial charge in [-0.3, -0.25) is 0 Å². The lowest BCUT2D eigenvalue weighted by atomic mass is 9.90. The molecule has 1 heterocycles. The molecule has 0 radical (unpaired) electrons. The second kappa shape index (κ2) is 5.16. The van der Waals surface area contributed by atoms with Gasteiger partial charge < -0.3 is 0 Å². The fourth-order valence-electron chi connectivity index (χ4n) is 2.48. The summed E-state index contributed by atoms with van der Waals surface area (Å²) in [5.74, 6) is 0.